The number of hydrogen-bond acceptors (Lipinski definition) is 3. The molecule has 1 aliphatic rings. The first-order valence-electron chi connectivity index (χ1n) is 5.89. The summed E-state index contributed by atoms with van der Waals surface area (Å²) in [5.41, 5.74) is -1.35. The summed E-state index contributed by atoms with van der Waals surface area (Å²) in [5, 5.41) is 10.4. The monoisotopic (exact) mass is 274 g/mol. The fourth-order valence-electron chi connectivity index (χ4n) is 2.28. The molecule has 1 aliphatic carbocycles. The van der Waals surface area contributed by atoms with Crippen LogP contribution in [-0.2, 0) is 10.4 Å². The van der Waals surface area contributed by atoms with E-state index in [0.717, 1.165) is 6.07 Å². The maximum atomic E-state index is 12.3. The van der Waals surface area contributed by atoms with Crippen molar-refractivity contribution in [1.82, 2.24) is 0 Å². The van der Waals surface area contributed by atoms with Crippen molar-refractivity contribution < 1.29 is 27.8 Å². The first kappa shape index (κ1) is 13.9. The third-order valence-electron chi connectivity index (χ3n) is 3.25. The van der Waals surface area contributed by atoms with Gasteiger partial charge < -0.3 is 9.84 Å². The Balaban J connectivity index is 2.31. The van der Waals surface area contributed by atoms with Crippen molar-refractivity contribution in [3.05, 3.63) is 29.8 Å². The van der Waals surface area contributed by atoms with Gasteiger partial charge in [-0.1, -0.05) is 18.2 Å². The number of ketones is 1. The number of benzene rings is 1. The Morgan fingerprint density at radius 3 is 2.32 bits per heavy atom. The van der Waals surface area contributed by atoms with Gasteiger partial charge in [0.2, 0.25) is 0 Å². The van der Waals surface area contributed by atoms with Crippen molar-refractivity contribution in [2.45, 2.75) is 37.6 Å². The highest BCUT2D eigenvalue weighted by atomic mass is 19.4. The summed E-state index contributed by atoms with van der Waals surface area (Å²) in [6.07, 6.45) is -4.25. The summed E-state index contributed by atoms with van der Waals surface area (Å²) in [6, 6.07) is 5.50. The van der Waals surface area contributed by atoms with E-state index < -0.39 is 17.7 Å². The molecule has 0 bridgehead atoms. The third kappa shape index (κ3) is 3.26. The molecule has 0 aromatic heterocycles. The molecule has 3 nitrogen and oxygen atoms in total. The highest BCUT2D eigenvalue weighted by Crippen LogP contribution is 2.41. The van der Waals surface area contributed by atoms with Crippen LogP contribution in [0.2, 0.25) is 0 Å². The maximum absolute atomic E-state index is 12.3. The Labute approximate surface area is 108 Å². The zero-order valence-electron chi connectivity index (χ0n) is 10.0. The molecule has 1 aromatic rings. The van der Waals surface area contributed by atoms with Crippen molar-refractivity contribution in [2.75, 3.05) is 0 Å². The number of alkyl halides is 3. The molecular weight excluding hydrogens is 261 g/mol. The van der Waals surface area contributed by atoms with Crippen LogP contribution in [0.15, 0.2) is 24.3 Å². The summed E-state index contributed by atoms with van der Waals surface area (Å²) in [6.45, 7) is 0. The Morgan fingerprint density at radius 1 is 1.16 bits per heavy atom. The number of para-hydroxylation sites is 1. The van der Waals surface area contributed by atoms with E-state index in [1.54, 1.807) is 0 Å². The molecule has 0 atom stereocenters. The predicted molar refractivity (Wildman–Crippen MR) is 60.5 cm³/mol. The second kappa shape index (κ2) is 4.85. The second-order valence-corrected chi connectivity index (χ2v) is 4.61. The van der Waals surface area contributed by atoms with Gasteiger partial charge in [0.1, 0.15) is 11.5 Å². The van der Waals surface area contributed by atoms with Crippen LogP contribution in [0.4, 0.5) is 13.2 Å². The number of carbonyl (C=O) groups excluding carboxylic acids is 1. The summed E-state index contributed by atoms with van der Waals surface area (Å²) in [5.74, 6) is -0.397. The van der Waals surface area contributed by atoms with Gasteiger partial charge in [-0.15, -0.1) is 13.2 Å². The van der Waals surface area contributed by atoms with Crippen LogP contribution in [0.25, 0.3) is 0 Å². The fraction of sp³-hybridized carbons (Fsp3) is 0.462. The topological polar surface area (TPSA) is 46.5 Å². The standard InChI is InChI=1S/C13H13F3O3/c14-13(15,16)19-11-4-2-1-3-10(11)12(18)7-5-9(17)6-8-12/h1-4,18H,5-8H2. The van der Waals surface area contributed by atoms with Crippen LogP contribution in [0, 0.1) is 0 Å². The molecule has 0 saturated heterocycles. The molecule has 0 radical (unpaired) electrons. The van der Waals surface area contributed by atoms with Gasteiger partial charge >= 0.3 is 6.36 Å². The predicted octanol–water partition coefficient (Wildman–Crippen LogP) is 2.92. The van der Waals surface area contributed by atoms with E-state index in [-0.39, 0.29) is 37.0 Å². The van der Waals surface area contributed by atoms with Crippen molar-refractivity contribution in [1.29, 1.82) is 0 Å². The first-order valence-corrected chi connectivity index (χ1v) is 5.89. The van der Waals surface area contributed by atoms with E-state index in [9.17, 15) is 23.1 Å². The van der Waals surface area contributed by atoms with Crippen molar-refractivity contribution in [3.8, 4) is 5.75 Å². The quantitative estimate of drug-likeness (QED) is 0.902. The van der Waals surface area contributed by atoms with Crippen LogP contribution >= 0.6 is 0 Å². The SMILES string of the molecule is O=C1CCC(O)(c2ccccc2OC(F)(F)F)CC1. The van der Waals surface area contributed by atoms with Crippen LogP contribution < -0.4 is 4.74 Å². The zero-order valence-corrected chi connectivity index (χ0v) is 10.0. The number of Topliss-reactive ketones (excluding diaryl/α,β-unsaturated/α-hetero) is 1. The number of aliphatic hydroxyl groups is 1. The number of rotatable bonds is 2. The molecule has 1 aromatic carbocycles. The number of hydrogen-bond donors (Lipinski definition) is 1. The molecule has 104 valence electrons. The van der Waals surface area contributed by atoms with E-state index in [1.165, 1.54) is 18.2 Å². The molecule has 0 aliphatic heterocycles. The van der Waals surface area contributed by atoms with E-state index >= 15 is 0 Å². The van der Waals surface area contributed by atoms with E-state index in [4.69, 9.17) is 0 Å². The van der Waals surface area contributed by atoms with Gasteiger partial charge in [-0.3, -0.25) is 4.79 Å². The van der Waals surface area contributed by atoms with Crippen LogP contribution in [0.1, 0.15) is 31.2 Å². The molecule has 0 amide bonds. The lowest BCUT2D eigenvalue weighted by molar-refractivity contribution is -0.275. The average Bonchev–Trinajstić information content (AvgIpc) is 2.32. The van der Waals surface area contributed by atoms with Crippen LogP contribution in [-0.4, -0.2) is 17.3 Å². The van der Waals surface area contributed by atoms with Crippen LogP contribution in [0.5, 0.6) is 5.75 Å². The Morgan fingerprint density at radius 2 is 1.74 bits per heavy atom. The van der Waals surface area contributed by atoms with Gasteiger partial charge in [-0.05, 0) is 18.9 Å². The molecule has 0 heterocycles. The Bertz CT molecular complexity index is 472. The summed E-state index contributed by atoms with van der Waals surface area (Å²) < 4.78 is 40.9. The normalized spacial score (nSPS) is 19.3. The Hall–Kier alpha value is -1.56. The van der Waals surface area contributed by atoms with Crippen molar-refractivity contribution in [2.24, 2.45) is 0 Å². The number of carbonyl (C=O) groups is 1. The molecule has 1 N–H and O–H groups in total. The lowest BCUT2D eigenvalue weighted by atomic mass is 9.79. The highest BCUT2D eigenvalue weighted by Gasteiger charge is 2.39. The van der Waals surface area contributed by atoms with E-state index in [0.29, 0.717) is 0 Å². The minimum Gasteiger partial charge on any atom is -0.405 e. The second-order valence-electron chi connectivity index (χ2n) is 4.61. The van der Waals surface area contributed by atoms with E-state index in [1.807, 2.05) is 0 Å². The minimum absolute atomic E-state index is 0.0129. The Kier molecular flexibility index (Phi) is 3.54. The minimum atomic E-state index is -4.81. The molecule has 0 spiro atoms. The third-order valence-corrected chi connectivity index (χ3v) is 3.25. The fourth-order valence-corrected chi connectivity index (χ4v) is 2.28. The van der Waals surface area contributed by atoms with Gasteiger partial charge in [0.25, 0.3) is 0 Å². The van der Waals surface area contributed by atoms with Crippen molar-refractivity contribution in [3.63, 3.8) is 0 Å². The molecule has 1 saturated carbocycles. The summed E-state index contributed by atoms with van der Waals surface area (Å²) >= 11 is 0. The smallest absolute Gasteiger partial charge is 0.405 e. The first-order chi connectivity index (χ1) is 8.80. The van der Waals surface area contributed by atoms with Crippen LogP contribution in [0.3, 0.4) is 0 Å². The van der Waals surface area contributed by atoms with Gasteiger partial charge in [0.05, 0.1) is 5.60 Å². The number of halogens is 3. The molecule has 0 unspecified atom stereocenters. The van der Waals surface area contributed by atoms with Crippen molar-refractivity contribution >= 4 is 5.78 Å². The lowest BCUT2D eigenvalue weighted by Crippen LogP contribution is -2.32. The largest absolute Gasteiger partial charge is 0.573 e. The molecular formula is C13H13F3O3. The molecule has 6 heteroatoms. The number of ether oxygens (including phenoxy) is 1. The van der Waals surface area contributed by atoms with Gasteiger partial charge in [-0.25, -0.2) is 0 Å². The average molecular weight is 274 g/mol. The van der Waals surface area contributed by atoms with Gasteiger partial charge in [-0.2, -0.15) is 0 Å². The highest BCUT2D eigenvalue weighted by molar-refractivity contribution is 5.79. The van der Waals surface area contributed by atoms with E-state index in [2.05, 4.69) is 4.74 Å². The summed E-state index contributed by atoms with van der Waals surface area (Å²) in [4.78, 5) is 11.2. The lowest BCUT2D eigenvalue weighted by Gasteiger charge is -2.33. The summed E-state index contributed by atoms with van der Waals surface area (Å²) in [7, 11) is 0. The van der Waals surface area contributed by atoms with Gasteiger partial charge in [0.15, 0.2) is 0 Å². The molecule has 2 rings (SSSR count). The molecule has 19 heavy (non-hydrogen) atoms. The zero-order chi connectivity index (χ0) is 14.1. The van der Waals surface area contributed by atoms with Gasteiger partial charge in [0, 0.05) is 18.4 Å². The molecule has 1 fully saturated rings. The maximum Gasteiger partial charge on any atom is 0.573 e.